The summed E-state index contributed by atoms with van der Waals surface area (Å²) in [6, 6.07) is 10.5. The third kappa shape index (κ3) is 2.96. The van der Waals surface area contributed by atoms with E-state index in [2.05, 4.69) is 17.4 Å². The first-order valence-corrected chi connectivity index (χ1v) is 7.51. The lowest BCUT2D eigenvalue weighted by Gasteiger charge is -2.28. The van der Waals surface area contributed by atoms with Gasteiger partial charge in [-0.1, -0.05) is 30.3 Å². The number of hydrogen-bond donors (Lipinski definition) is 2. The van der Waals surface area contributed by atoms with Gasteiger partial charge in [-0.3, -0.25) is 0 Å². The summed E-state index contributed by atoms with van der Waals surface area (Å²) in [6.07, 6.45) is 2.40. The van der Waals surface area contributed by atoms with Gasteiger partial charge in [-0.25, -0.2) is 4.79 Å². The van der Waals surface area contributed by atoms with Crippen LogP contribution >= 0.6 is 0 Å². The zero-order valence-electron chi connectivity index (χ0n) is 11.7. The second-order valence-corrected chi connectivity index (χ2v) is 5.95. The van der Waals surface area contributed by atoms with Crippen LogP contribution in [0.4, 0.5) is 4.79 Å². The zero-order valence-corrected chi connectivity index (χ0v) is 11.7. The molecule has 3 rings (SSSR count). The average Bonchev–Trinajstić information content (AvgIpc) is 3.27. The maximum Gasteiger partial charge on any atom is 0.407 e. The van der Waals surface area contributed by atoms with Crippen molar-refractivity contribution in [3.63, 3.8) is 0 Å². The maximum absolute atomic E-state index is 11.5. The molecule has 1 amide bonds. The van der Waals surface area contributed by atoms with Gasteiger partial charge in [-0.05, 0) is 43.8 Å². The molecule has 1 aliphatic carbocycles. The van der Waals surface area contributed by atoms with Crippen molar-refractivity contribution in [2.75, 3.05) is 19.6 Å². The molecule has 0 aromatic heterocycles. The van der Waals surface area contributed by atoms with E-state index in [1.165, 1.54) is 5.56 Å². The number of nitrogens with zero attached hydrogens (tertiary/aromatic N) is 1. The van der Waals surface area contributed by atoms with Gasteiger partial charge < -0.3 is 15.3 Å². The number of rotatable bonds is 4. The molecule has 2 fully saturated rings. The highest BCUT2D eigenvalue weighted by Gasteiger charge is 2.45. The lowest BCUT2D eigenvalue weighted by Crippen LogP contribution is -2.40. The molecule has 0 radical (unpaired) electrons. The molecule has 4 nitrogen and oxygen atoms in total. The largest absolute Gasteiger partial charge is 0.465 e. The summed E-state index contributed by atoms with van der Waals surface area (Å²) in [5.41, 5.74) is 1.27. The molecule has 2 N–H and O–H groups in total. The Morgan fingerprint density at radius 3 is 2.60 bits per heavy atom. The van der Waals surface area contributed by atoms with Crippen LogP contribution in [-0.4, -0.2) is 41.8 Å². The first-order valence-electron chi connectivity index (χ1n) is 7.51. The fraction of sp³-hybridized carbons (Fsp3) is 0.562. The molecule has 0 bridgehead atoms. The number of benzene rings is 1. The molecule has 1 saturated carbocycles. The second kappa shape index (κ2) is 5.83. The molecule has 1 aliphatic heterocycles. The first kappa shape index (κ1) is 13.4. The Hall–Kier alpha value is -1.55. The Morgan fingerprint density at radius 2 is 1.95 bits per heavy atom. The van der Waals surface area contributed by atoms with E-state index in [0.29, 0.717) is 18.4 Å². The van der Waals surface area contributed by atoms with E-state index in [0.717, 1.165) is 32.4 Å². The standard InChI is InChI=1S/C16H22N2O2/c19-16(20)18(11-12-6-8-17-9-7-12)15-10-14(15)13-4-2-1-3-5-13/h1-5,12,14-15,17H,6-11H2,(H,19,20). The summed E-state index contributed by atoms with van der Waals surface area (Å²) < 4.78 is 0. The molecule has 1 saturated heterocycles. The minimum absolute atomic E-state index is 0.185. The Kier molecular flexibility index (Phi) is 3.92. The normalized spacial score (nSPS) is 26.2. The third-order valence-corrected chi connectivity index (χ3v) is 4.54. The summed E-state index contributed by atoms with van der Waals surface area (Å²) >= 11 is 0. The smallest absolute Gasteiger partial charge is 0.407 e. The van der Waals surface area contributed by atoms with E-state index in [1.54, 1.807) is 4.90 Å². The summed E-state index contributed by atoms with van der Waals surface area (Å²) in [4.78, 5) is 13.2. The summed E-state index contributed by atoms with van der Waals surface area (Å²) in [5, 5.41) is 12.8. The van der Waals surface area contributed by atoms with Crippen LogP contribution in [0.2, 0.25) is 0 Å². The topological polar surface area (TPSA) is 52.6 Å². The highest BCUT2D eigenvalue weighted by Crippen LogP contribution is 2.45. The van der Waals surface area contributed by atoms with Crippen molar-refractivity contribution in [1.29, 1.82) is 0 Å². The van der Waals surface area contributed by atoms with Gasteiger partial charge in [0.1, 0.15) is 0 Å². The molecular weight excluding hydrogens is 252 g/mol. The fourth-order valence-electron chi connectivity index (χ4n) is 3.28. The van der Waals surface area contributed by atoms with Crippen molar-refractivity contribution in [2.24, 2.45) is 5.92 Å². The minimum atomic E-state index is -0.757. The highest BCUT2D eigenvalue weighted by molar-refractivity contribution is 5.66. The Labute approximate surface area is 119 Å². The lowest BCUT2D eigenvalue weighted by atomic mass is 9.97. The van der Waals surface area contributed by atoms with E-state index in [1.807, 2.05) is 18.2 Å². The average molecular weight is 274 g/mol. The molecular formula is C16H22N2O2. The van der Waals surface area contributed by atoms with Gasteiger partial charge in [0.2, 0.25) is 0 Å². The Morgan fingerprint density at radius 1 is 1.25 bits per heavy atom. The SMILES string of the molecule is O=C(O)N(CC1CCNCC1)C1CC1c1ccccc1. The number of carboxylic acid groups (broad SMARTS) is 1. The second-order valence-electron chi connectivity index (χ2n) is 5.95. The maximum atomic E-state index is 11.5. The molecule has 2 unspecified atom stereocenters. The molecule has 1 aromatic rings. The monoisotopic (exact) mass is 274 g/mol. The number of carbonyl (C=O) groups is 1. The highest BCUT2D eigenvalue weighted by atomic mass is 16.4. The molecule has 4 heteroatoms. The van der Waals surface area contributed by atoms with Crippen LogP contribution in [0.25, 0.3) is 0 Å². The predicted octanol–water partition coefficient (Wildman–Crippen LogP) is 2.52. The van der Waals surface area contributed by atoms with Gasteiger partial charge in [0.05, 0.1) is 0 Å². The Balaban J connectivity index is 1.62. The third-order valence-electron chi connectivity index (χ3n) is 4.54. The molecule has 108 valence electrons. The van der Waals surface area contributed by atoms with Gasteiger partial charge >= 0.3 is 6.09 Å². The summed E-state index contributed by atoms with van der Waals surface area (Å²) in [5.74, 6) is 0.915. The number of nitrogens with one attached hydrogen (secondary N) is 1. The summed E-state index contributed by atoms with van der Waals surface area (Å²) in [6.45, 7) is 2.74. The minimum Gasteiger partial charge on any atom is -0.465 e. The van der Waals surface area contributed by atoms with Gasteiger partial charge in [-0.2, -0.15) is 0 Å². The molecule has 1 aromatic carbocycles. The van der Waals surface area contributed by atoms with Crippen LogP contribution in [0.5, 0.6) is 0 Å². The van der Waals surface area contributed by atoms with Gasteiger partial charge in [0.25, 0.3) is 0 Å². The van der Waals surface area contributed by atoms with Crippen molar-refractivity contribution in [2.45, 2.75) is 31.2 Å². The molecule has 0 spiro atoms. The van der Waals surface area contributed by atoms with Crippen molar-refractivity contribution in [1.82, 2.24) is 10.2 Å². The van der Waals surface area contributed by atoms with Crippen LogP contribution in [-0.2, 0) is 0 Å². The van der Waals surface area contributed by atoms with Gasteiger partial charge in [-0.15, -0.1) is 0 Å². The zero-order chi connectivity index (χ0) is 13.9. The lowest BCUT2D eigenvalue weighted by molar-refractivity contribution is 0.127. The fourth-order valence-corrected chi connectivity index (χ4v) is 3.28. The Bertz CT molecular complexity index is 457. The van der Waals surface area contributed by atoms with Gasteiger partial charge in [0.15, 0.2) is 0 Å². The van der Waals surface area contributed by atoms with Crippen LogP contribution in [0.3, 0.4) is 0 Å². The van der Waals surface area contributed by atoms with Crippen molar-refractivity contribution < 1.29 is 9.90 Å². The van der Waals surface area contributed by atoms with Crippen LogP contribution in [0.15, 0.2) is 30.3 Å². The molecule has 20 heavy (non-hydrogen) atoms. The molecule has 2 aliphatic rings. The molecule has 1 heterocycles. The van der Waals surface area contributed by atoms with E-state index < -0.39 is 6.09 Å². The first-order chi connectivity index (χ1) is 9.75. The van der Waals surface area contributed by atoms with Gasteiger partial charge in [0, 0.05) is 18.5 Å². The van der Waals surface area contributed by atoms with E-state index in [9.17, 15) is 9.90 Å². The van der Waals surface area contributed by atoms with E-state index >= 15 is 0 Å². The number of piperidine rings is 1. The van der Waals surface area contributed by atoms with Crippen LogP contribution in [0, 0.1) is 5.92 Å². The molecule has 2 atom stereocenters. The van der Waals surface area contributed by atoms with Crippen molar-refractivity contribution >= 4 is 6.09 Å². The summed E-state index contributed by atoms with van der Waals surface area (Å²) in [7, 11) is 0. The van der Waals surface area contributed by atoms with Crippen molar-refractivity contribution in [3.8, 4) is 0 Å². The number of amides is 1. The quantitative estimate of drug-likeness (QED) is 0.887. The predicted molar refractivity (Wildman–Crippen MR) is 77.9 cm³/mol. The number of hydrogen-bond acceptors (Lipinski definition) is 2. The van der Waals surface area contributed by atoms with Crippen LogP contribution < -0.4 is 5.32 Å². The van der Waals surface area contributed by atoms with Crippen LogP contribution in [0.1, 0.15) is 30.7 Å². The van der Waals surface area contributed by atoms with E-state index in [4.69, 9.17) is 0 Å². The van der Waals surface area contributed by atoms with Crippen molar-refractivity contribution in [3.05, 3.63) is 35.9 Å². The van der Waals surface area contributed by atoms with E-state index in [-0.39, 0.29) is 6.04 Å².